The van der Waals surface area contributed by atoms with E-state index < -0.39 is 18.6 Å². The first-order valence-corrected chi connectivity index (χ1v) is 12.7. The van der Waals surface area contributed by atoms with Crippen LogP contribution in [0.5, 0.6) is 17.2 Å². The molecule has 1 aliphatic heterocycles. The fraction of sp³-hybridized carbons (Fsp3) is 0.269. The maximum Gasteiger partial charge on any atom is 0.387 e. The maximum atomic E-state index is 13.3. The molecule has 0 radical (unpaired) electrons. The average Bonchev–Trinajstić information content (AvgIpc) is 3.68. The summed E-state index contributed by atoms with van der Waals surface area (Å²) >= 11 is 0. The Morgan fingerprint density at radius 1 is 1.22 bits per heavy atom. The fourth-order valence-corrected chi connectivity index (χ4v) is 4.74. The van der Waals surface area contributed by atoms with Crippen LogP contribution in [0.1, 0.15) is 22.8 Å². The molecule has 4 aromatic heterocycles. The number of ether oxygens (including phenoxy) is 2. The molecule has 15 heteroatoms. The summed E-state index contributed by atoms with van der Waals surface area (Å²) in [5, 5.41) is 29.1. The minimum Gasteiger partial charge on any atom is -0.454 e. The molecule has 212 valence electrons. The van der Waals surface area contributed by atoms with Gasteiger partial charge in [0.25, 0.3) is 5.91 Å². The van der Waals surface area contributed by atoms with Gasteiger partial charge in [-0.25, -0.2) is 9.50 Å². The Morgan fingerprint density at radius 2 is 2.10 bits per heavy atom. The second-order valence-electron chi connectivity index (χ2n) is 9.39. The predicted octanol–water partition coefficient (Wildman–Crippen LogP) is 2.87. The number of carbonyl (C=O) groups excluding carboxylic acids is 1. The predicted molar refractivity (Wildman–Crippen MR) is 141 cm³/mol. The lowest BCUT2D eigenvalue weighted by Crippen LogP contribution is -2.41. The van der Waals surface area contributed by atoms with E-state index in [0.29, 0.717) is 30.1 Å². The summed E-state index contributed by atoms with van der Waals surface area (Å²) in [5.74, 6) is 0.0121. The molecule has 41 heavy (non-hydrogen) atoms. The second kappa shape index (κ2) is 10.9. The Hall–Kier alpha value is -4.89. The zero-order valence-electron chi connectivity index (χ0n) is 21.7. The molecule has 1 saturated heterocycles. The molecule has 6 rings (SSSR count). The van der Waals surface area contributed by atoms with Gasteiger partial charge in [0.05, 0.1) is 42.0 Å². The zero-order valence-corrected chi connectivity index (χ0v) is 21.7. The highest BCUT2D eigenvalue weighted by molar-refractivity contribution is 6.09. The van der Waals surface area contributed by atoms with Gasteiger partial charge in [-0.2, -0.15) is 24.1 Å². The van der Waals surface area contributed by atoms with Crippen molar-refractivity contribution >= 4 is 17.2 Å². The summed E-state index contributed by atoms with van der Waals surface area (Å²) < 4.78 is 41.9. The number of nitrogens with one attached hydrogen (secondary N) is 2. The first-order chi connectivity index (χ1) is 19.9. The summed E-state index contributed by atoms with van der Waals surface area (Å²) in [4.78, 5) is 17.4. The molecule has 1 amide bonds. The first-order valence-electron chi connectivity index (χ1n) is 12.7. The molecule has 13 nitrogen and oxygen atoms in total. The molecule has 5 aromatic rings. The highest BCUT2D eigenvalue weighted by Crippen LogP contribution is 2.39. The maximum absolute atomic E-state index is 13.3. The summed E-state index contributed by atoms with van der Waals surface area (Å²) in [6.45, 7) is -1.88. The topological polar surface area (TPSA) is 146 Å². The minimum atomic E-state index is -3.10. The summed E-state index contributed by atoms with van der Waals surface area (Å²) in [6, 6.07) is 5.79. The molecule has 2 atom stereocenters. The van der Waals surface area contributed by atoms with Gasteiger partial charge in [-0.15, -0.1) is 0 Å². The van der Waals surface area contributed by atoms with E-state index in [1.807, 2.05) is 0 Å². The fourth-order valence-electron chi connectivity index (χ4n) is 4.74. The Morgan fingerprint density at radius 3 is 2.93 bits per heavy atom. The van der Waals surface area contributed by atoms with Crippen LogP contribution in [0.15, 0.2) is 61.4 Å². The normalized spacial score (nSPS) is 17.2. The van der Waals surface area contributed by atoms with Crippen molar-refractivity contribution in [3.63, 3.8) is 0 Å². The second-order valence-corrected chi connectivity index (χ2v) is 9.39. The van der Waals surface area contributed by atoms with Crippen LogP contribution in [-0.2, 0) is 7.05 Å². The van der Waals surface area contributed by atoms with Crippen LogP contribution in [0.2, 0.25) is 0 Å². The first kappa shape index (κ1) is 26.3. The van der Waals surface area contributed by atoms with Gasteiger partial charge in [-0.1, -0.05) is 0 Å². The zero-order chi connectivity index (χ0) is 28.5. The summed E-state index contributed by atoms with van der Waals surface area (Å²) in [5.41, 5.74) is 1.16. The highest BCUT2D eigenvalue weighted by Gasteiger charge is 2.26. The van der Waals surface area contributed by atoms with Gasteiger partial charge in [-0.3, -0.25) is 14.2 Å². The number of benzene rings is 1. The number of aliphatic hydroxyl groups excluding tert-OH is 1. The molecular formula is C26H25F2N9O4. The molecule has 3 N–H and O–H groups in total. The number of aliphatic hydroxyl groups is 1. The molecule has 1 aliphatic rings. The van der Waals surface area contributed by atoms with Gasteiger partial charge in [-0.05, 0) is 37.2 Å². The van der Waals surface area contributed by atoms with Crippen molar-refractivity contribution in [2.75, 3.05) is 18.4 Å². The third kappa shape index (κ3) is 5.44. The quantitative estimate of drug-likeness (QED) is 0.259. The molecule has 5 heterocycles. The van der Waals surface area contributed by atoms with Crippen LogP contribution in [0, 0.1) is 0 Å². The van der Waals surface area contributed by atoms with Crippen LogP contribution in [-0.4, -0.2) is 71.0 Å². The van der Waals surface area contributed by atoms with E-state index in [0.717, 1.165) is 6.54 Å². The number of alkyl halides is 2. The summed E-state index contributed by atoms with van der Waals surface area (Å²) in [7, 11) is 1.63. The third-order valence-electron chi connectivity index (χ3n) is 6.59. The van der Waals surface area contributed by atoms with Gasteiger partial charge in [0.2, 0.25) is 0 Å². The molecule has 1 aromatic carbocycles. The van der Waals surface area contributed by atoms with E-state index in [4.69, 9.17) is 9.47 Å². The summed E-state index contributed by atoms with van der Waals surface area (Å²) in [6.07, 6.45) is 9.41. The van der Waals surface area contributed by atoms with Crippen LogP contribution in [0.4, 0.5) is 14.5 Å². The Balaban J connectivity index is 1.30. The lowest BCUT2D eigenvalue weighted by molar-refractivity contribution is -0.0494. The monoisotopic (exact) mass is 565 g/mol. The number of hydrogen-bond acceptors (Lipinski definition) is 9. The van der Waals surface area contributed by atoms with Crippen molar-refractivity contribution in [1.29, 1.82) is 0 Å². The van der Waals surface area contributed by atoms with Crippen LogP contribution >= 0.6 is 0 Å². The van der Waals surface area contributed by atoms with Crippen molar-refractivity contribution in [1.82, 2.24) is 39.5 Å². The minimum absolute atomic E-state index is 0.160. The third-order valence-corrected chi connectivity index (χ3v) is 6.59. The lowest BCUT2D eigenvalue weighted by atomic mass is 10.0. The number of rotatable bonds is 8. The molecule has 0 aliphatic carbocycles. The van der Waals surface area contributed by atoms with Crippen LogP contribution in [0.25, 0.3) is 16.9 Å². The number of β-amino-alcohol motifs (C(OH)–C–C–N with tert-alkyl or cyclic N) is 1. The highest BCUT2D eigenvalue weighted by atomic mass is 19.3. The average molecular weight is 566 g/mol. The van der Waals surface area contributed by atoms with Crippen molar-refractivity contribution < 1.29 is 28.2 Å². The molecule has 0 bridgehead atoms. The van der Waals surface area contributed by atoms with Crippen molar-refractivity contribution in [2.45, 2.75) is 25.2 Å². The molecule has 2 unspecified atom stereocenters. The number of halogens is 2. The van der Waals surface area contributed by atoms with E-state index in [-0.39, 0.29) is 34.3 Å². The van der Waals surface area contributed by atoms with Crippen molar-refractivity contribution in [3.05, 3.63) is 67.0 Å². The van der Waals surface area contributed by atoms with E-state index in [1.165, 1.54) is 39.8 Å². The van der Waals surface area contributed by atoms with Gasteiger partial charge in [0.1, 0.15) is 22.8 Å². The van der Waals surface area contributed by atoms with Crippen LogP contribution in [0.3, 0.4) is 0 Å². The van der Waals surface area contributed by atoms with Crippen molar-refractivity contribution in [2.24, 2.45) is 7.05 Å². The van der Waals surface area contributed by atoms with Gasteiger partial charge >= 0.3 is 6.61 Å². The van der Waals surface area contributed by atoms with E-state index >= 15 is 0 Å². The van der Waals surface area contributed by atoms with Gasteiger partial charge < -0.3 is 25.2 Å². The number of fused-ring (bicyclic) bond motifs is 1. The van der Waals surface area contributed by atoms with Crippen molar-refractivity contribution in [3.8, 4) is 28.5 Å². The number of aryl methyl sites for hydroxylation is 1. The number of aromatic nitrogens is 7. The standard InChI is InChI=1S/C26H25F2N9O4/c1-35-14-19(33-25(39)18-11-32-36-8-2-6-30-24(18)36)23(34-35)17-9-15(3-4-22(17)41-26(27)28)40-16-10-31-37(13-16)20-5-7-29-12-21(20)38/h2-4,6,8-11,13-14,20-21,26,29,38H,5,7,12H2,1H3,(H,33,39). The van der Waals surface area contributed by atoms with Gasteiger partial charge in [0.15, 0.2) is 11.4 Å². The number of hydrogen-bond donors (Lipinski definition) is 3. The molecule has 0 saturated carbocycles. The van der Waals surface area contributed by atoms with Crippen LogP contribution < -0.4 is 20.1 Å². The molecular weight excluding hydrogens is 540 g/mol. The molecule has 1 fully saturated rings. The van der Waals surface area contributed by atoms with E-state index in [1.54, 1.807) is 42.6 Å². The van der Waals surface area contributed by atoms with Gasteiger partial charge in [0, 0.05) is 32.2 Å². The largest absolute Gasteiger partial charge is 0.454 e. The number of anilines is 1. The molecule has 0 spiro atoms. The number of piperidine rings is 1. The number of amides is 1. The Kier molecular flexibility index (Phi) is 7.03. The Labute approximate surface area is 231 Å². The van der Waals surface area contributed by atoms with E-state index in [2.05, 4.69) is 30.9 Å². The SMILES string of the molecule is Cn1cc(NC(=O)c2cnn3cccnc23)c(-c2cc(Oc3cnn(C4CCNCC4O)c3)ccc2OC(F)F)n1. The smallest absolute Gasteiger partial charge is 0.387 e. The Bertz CT molecular complexity index is 1700. The number of carbonyl (C=O) groups is 1. The number of nitrogens with zero attached hydrogens (tertiary/aromatic N) is 7. The van der Waals surface area contributed by atoms with E-state index in [9.17, 15) is 18.7 Å². The lowest BCUT2D eigenvalue weighted by Gasteiger charge is -2.28.